The van der Waals surface area contributed by atoms with Crippen LogP contribution in [0.15, 0.2) is 18.2 Å². The van der Waals surface area contributed by atoms with Gasteiger partial charge in [-0.2, -0.15) is 9.36 Å². The van der Waals surface area contributed by atoms with Gasteiger partial charge >= 0.3 is 0 Å². The monoisotopic (exact) mass is 251 g/mol. The van der Waals surface area contributed by atoms with Gasteiger partial charge in [0.25, 0.3) is 5.19 Å². The number of benzene rings is 1. The molecule has 0 amide bonds. The van der Waals surface area contributed by atoms with E-state index in [0.717, 1.165) is 30.2 Å². The third-order valence-corrected chi connectivity index (χ3v) is 3.16. The normalized spacial score (nSPS) is 14.9. The van der Waals surface area contributed by atoms with E-state index >= 15 is 0 Å². The fourth-order valence-corrected chi connectivity index (χ4v) is 2.11. The van der Waals surface area contributed by atoms with Gasteiger partial charge in [0, 0.05) is 17.5 Å². The molecule has 17 heavy (non-hydrogen) atoms. The van der Waals surface area contributed by atoms with Crippen LogP contribution in [0.3, 0.4) is 0 Å². The summed E-state index contributed by atoms with van der Waals surface area (Å²) in [4.78, 5) is 4.21. The average molecular weight is 251 g/mol. The Morgan fingerprint density at radius 1 is 1.41 bits per heavy atom. The lowest BCUT2D eigenvalue weighted by Crippen LogP contribution is -1.94. The number of aromatic nitrogens is 2. The number of halogens is 1. The van der Waals surface area contributed by atoms with Gasteiger partial charge in [0.2, 0.25) is 0 Å². The molecule has 6 heteroatoms. The summed E-state index contributed by atoms with van der Waals surface area (Å²) >= 11 is 1.12. The molecule has 88 valence electrons. The van der Waals surface area contributed by atoms with Crippen molar-refractivity contribution in [1.82, 2.24) is 9.36 Å². The van der Waals surface area contributed by atoms with Gasteiger partial charge in [0.15, 0.2) is 11.6 Å². The van der Waals surface area contributed by atoms with Crippen molar-refractivity contribution in [3.63, 3.8) is 0 Å². The van der Waals surface area contributed by atoms with Gasteiger partial charge in [-0.1, -0.05) is 6.07 Å². The molecule has 0 aliphatic heterocycles. The average Bonchev–Trinajstić information content (AvgIpc) is 3.05. The Morgan fingerprint density at radius 2 is 2.24 bits per heavy atom. The van der Waals surface area contributed by atoms with Crippen LogP contribution in [-0.4, -0.2) is 9.36 Å². The number of para-hydroxylation sites is 1. The van der Waals surface area contributed by atoms with Crippen LogP contribution in [-0.2, 0) is 0 Å². The number of anilines is 1. The van der Waals surface area contributed by atoms with Gasteiger partial charge in [0.1, 0.15) is 5.82 Å². The smallest absolute Gasteiger partial charge is 0.298 e. The largest absolute Gasteiger partial charge is 0.424 e. The van der Waals surface area contributed by atoms with Crippen LogP contribution in [0.2, 0.25) is 0 Å². The Balaban J connectivity index is 1.85. The number of nitrogen functional groups attached to an aromatic ring is 1. The highest BCUT2D eigenvalue weighted by Crippen LogP contribution is 2.40. The third-order valence-electron chi connectivity index (χ3n) is 2.55. The van der Waals surface area contributed by atoms with E-state index in [2.05, 4.69) is 9.36 Å². The second kappa shape index (κ2) is 3.96. The topological polar surface area (TPSA) is 61.0 Å². The van der Waals surface area contributed by atoms with E-state index in [1.54, 1.807) is 6.07 Å². The maximum Gasteiger partial charge on any atom is 0.298 e. The first kappa shape index (κ1) is 10.5. The molecule has 0 radical (unpaired) electrons. The van der Waals surface area contributed by atoms with Crippen LogP contribution in [0.4, 0.5) is 10.1 Å². The first-order valence-corrected chi connectivity index (χ1v) is 6.07. The molecule has 3 rings (SSSR count). The Morgan fingerprint density at radius 3 is 2.94 bits per heavy atom. The second-order valence-corrected chi connectivity index (χ2v) is 4.67. The van der Waals surface area contributed by atoms with Gasteiger partial charge in [-0.3, -0.25) is 0 Å². The van der Waals surface area contributed by atoms with Crippen molar-refractivity contribution in [3.8, 4) is 10.9 Å². The minimum atomic E-state index is -0.492. The minimum Gasteiger partial charge on any atom is -0.424 e. The third kappa shape index (κ3) is 2.08. The van der Waals surface area contributed by atoms with Gasteiger partial charge < -0.3 is 10.5 Å². The van der Waals surface area contributed by atoms with E-state index in [4.69, 9.17) is 10.5 Å². The molecule has 1 aromatic heterocycles. The van der Waals surface area contributed by atoms with Crippen molar-refractivity contribution in [2.45, 2.75) is 18.8 Å². The zero-order valence-corrected chi connectivity index (χ0v) is 9.71. The number of ether oxygens (including phenoxy) is 1. The molecular formula is C11H10FN3OS. The number of nitrogens with two attached hydrogens (primary N) is 1. The van der Waals surface area contributed by atoms with Crippen LogP contribution < -0.4 is 10.5 Å². The number of rotatable bonds is 3. The Bertz CT molecular complexity index is 533. The maximum atomic E-state index is 13.5. The Labute approximate surface area is 101 Å². The van der Waals surface area contributed by atoms with Gasteiger partial charge in [-0.15, -0.1) is 0 Å². The fourth-order valence-electron chi connectivity index (χ4n) is 1.49. The quantitative estimate of drug-likeness (QED) is 0.852. The summed E-state index contributed by atoms with van der Waals surface area (Å²) in [5.41, 5.74) is 5.90. The molecule has 0 saturated heterocycles. The predicted molar refractivity (Wildman–Crippen MR) is 62.8 cm³/mol. The summed E-state index contributed by atoms with van der Waals surface area (Å²) in [6, 6.07) is 4.42. The summed E-state index contributed by atoms with van der Waals surface area (Å²) in [5, 5.41) is 0.337. The van der Waals surface area contributed by atoms with Crippen LogP contribution >= 0.6 is 11.5 Å². The summed E-state index contributed by atoms with van der Waals surface area (Å²) in [5.74, 6) is 0.778. The van der Waals surface area contributed by atoms with Crippen LogP contribution in [0.1, 0.15) is 24.6 Å². The lowest BCUT2D eigenvalue weighted by molar-refractivity contribution is 0.441. The molecule has 2 aromatic rings. The van der Waals surface area contributed by atoms with Crippen molar-refractivity contribution >= 4 is 17.2 Å². The zero-order valence-electron chi connectivity index (χ0n) is 8.89. The lowest BCUT2D eigenvalue weighted by Gasteiger charge is -2.05. The first-order valence-electron chi connectivity index (χ1n) is 5.29. The molecule has 1 aromatic carbocycles. The summed E-state index contributed by atoms with van der Waals surface area (Å²) < 4.78 is 23.0. The van der Waals surface area contributed by atoms with Crippen molar-refractivity contribution in [2.75, 3.05) is 5.73 Å². The summed E-state index contributed by atoms with van der Waals surface area (Å²) in [6.07, 6.45) is 2.25. The molecule has 1 heterocycles. The molecule has 4 nitrogen and oxygen atoms in total. The highest BCUT2D eigenvalue weighted by Gasteiger charge is 2.28. The van der Waals surface area contributed by atoms with E-state index in [9.17, 15) is 4.39 Å². The van der Waals surface area contributed by atoms with Crippen LogP contribution in [0.5, 0.6) is 10.9 Å². The molecule has 0 bridgehead atoms. The molecule has 1 fully saturated rings. The van der Waals surface area contributed by atoms with Gasteiger partial charge in [-0.25, -0.2) is 4.39 Å². The van der Waals surface area contributed by atoms with E-state index in [-0.39, 0.29) is 11.4 Å². The van der Waals surface area contributed by atoms with E-state index < -0.39 is 5.82 Å². The van der Waals surface area contributed by atoms with E-state index in [0.29, 0.717) is 11.1 Å². The number of hydrogen-bond donors (Lipinski definition) is 1. The van der Waals surface area contributed by atoms with Crippen LogP contribution in [0, 0.1) is 5.82 Å². The van der Waals surface area contributed by atoms with Crippen LogP contribution in [0.25, 0.3) is 0 Å². The summed E-state index contributed by atoms with van der Waals surface area (Å²) in [7, 11) is 0. The van der Waals surface area contributed by atoms with Crippen molar-refractivity contribution in [3.05, 3.63) is 29.8 Å². The molecule has 0 spiro atoms. The standard InChI is InChI=1S/C11H10FN3OS/c12-7-2-1-3-8(13)9(7)16-11-14-10(15-17-11)6-4-5-6/h1-3,6H,4-5,13H2. The van der Waals surface area contributed by atoms with Gasteiger partial charge in [-0.05, 0) is 25.0 Å². The lowest BCUT2D eigenvalue weighted by atomic mass is 10.3. The molecule has 0 unspecified atom stereocenters. The van der Waals surface area contributed by atoms with E-state index in [1.807, 2.05) is 0 Å². The molecular weight excluding hydrogens is 241 g/mol. The van der Waals surface area contributed by atoms with Crippen molar-refractivity contribution in [2.24, 2.45) is 0 Å². The van der Waals surface area contributed by atoms with Crippen molar-refractivity contribution < 1.29 is 9.13 Å². The highest BCUT2D eigenvalue weighted by molar-refractivity contribution is 7.07. The number of nitrogens with zero attached hydrogens (tertiary/aromatic N) is 2. The molecule has 1 aliphatic carbocycles. The predicted octanol–water partition coefficient (Wildman–Crippen LogP) is 2.93. The Kier molecular flexibility index (Phi) is 2.44. The first-order chi connectivity index (χ1) is 8.24. The Hall–Kier alpha value is -1.69. The molecule has 2 N–H and O–H groups in total. The molecule has 0 atom stereocenters. The molecule has 1 saturated carbocycles. The highest BCUT2D eigenvalue weighted by atomic mass is 32.1. The van der Waals surface area contributed by atoms with Crippen molar-refractivity contribution in [1.29, 1.82) is 0 Å². The van der Waals surface area contributed by atoms with Gasteiger partial charge in [0.05, 0.1) is 5.69 Å². The number of hydrogen-bond acceptors (Lipinski definition) is 5. The van der Waals surface area contributed by atoms with E-state index in [1.165, 1.54) is 12.1 Å². The molecule has 1 aliphatic rings. The summed E-state index contributed by atoms with van der Waals surface area (Å²) in [6.45, 7) is 0. The second-order valence-electron chi connectivity index (χ2n) is 3.95. The minimum absolute atomic E-state index is 0.0194. The SMILES string of the molecule is Nc1cccc(F)c1Oc1nc(C2CC2)ns1. The zero-order chi connectivity index (χ0) is 11.8. The fraction of sp³-hybridized carbons (Fsp3) is 0.273. The maximum absolute atomic E-state index is 13.5.